The van der Waals surface area contributed by atoms with Crippen LogP contribution in [0.15, 0.2) is 29.0 Å². The minimum absolute atomic E-state index is 0.196. The van der Waals surface area contributed by atoms with Crippen LogP contribution in [0, 0.1) is 0 Å². The zero-order valence-electron chi connectivity index (χ0n) is 8.36. The van der Waals surface area contributed by atoms with Crippen LogP contribution in [0.3, 0.4) is 0 Å². The van der Waals surface area contributed by atoms with Gasteiger partial charge in [-0.3, -0.25) is 15.2 Å². The van der Waals surface area contributed by atoms with Gasteiger partial charge in [0, 0.05) is 13.3 Å². The molecule has 0 bridgehead atoms. The fraction of sp³-hybridized carbons (Fsp3) is 0.333. The number of hydrogen-bond acceptors (Lipinski definition) is 4. The summed E-state index contributed by atoms with van der Waals surface area (Å²) in [4.78, 5) is 14.7. The van der Waals surface area contributed by atoms with Gasteiger partial charge in [-0.1, -0.05) is 6.08 Å². The van der Waals surface area contributed by atoms with Crippen molar-refractivity contribution in [1.29, 1.82) is 0 Å². The van der Waals surface area contributed by atoms with E-state index in [1.807, 2.05) is 5.43 Å². The van der Waals surface area contributed by atoms with Gasteiger partial charge in [-0.15, -0.1) is 0 Å². The van der Waals surface area contributed by atoms with Crippen LogP contribution in [0.5, 0.6) is 0 Å². The molecule has 0 unspecified atom stereocenters. The maximum atomic E-state index is 10.9. The van der Waals surface area contributed by atoms with E-state index in [0.717, 1.165) is 5.57 Å². The number of nitrogens with zero attached hydrogens (tertiary/aromatic N) is 1. The predicted molar refractivity (Wildman–Crippen MR) is 55.6 cm³/mol. The normalized spacial score (nSPS) is 12.4. The highest BCUT2D eigenvalue weighted by molar-refractivity contribution is 5.89. The summed E-state index contributed by atoms with van der Waals surface area (Å²) in [5.41, 5.74) is 2.80. The van der Waals surface area contributed by atoms with Crippen LogP contribution >= 0.6 is 0 Å². The van der Waals surface area contributed by atoms with E-state index >= 15 is 0 Å². The van der Waals surface area contributed by atoms with E-state index in [1.165, 1.54) is 6.26 Å². The Balaban J connectivity index is 4.35. The van der Waals surface area contributed by atoms with Crippen molar-refractivity contribution in [3.05, 3.63) is 24.0 Å². The Hall–Kier alpha value is -1.62. The number of carbonyl (C=O) groups excluding carboxylic acids is 1. The Bertz CT molecular complexity index is 257. The minimum atomic E-state index is -0.262. The maximum Gasteiger partial charge on any atom is 0.238 e. The van der Waals surface area contributed by atoms with E-state index in [9.17, 15) is 4.79 Å². The molecule has 0 aromatic carbocycles. The Morgan fingerprint density at radius 2 is 2.36 bits per heavy atom. The Morgan fingerprint density at radius 1 is 1.64 bits per heavy atom. The van der Waals surface area contributed by atoms with Crippen LogP contribution in [0.4, 0.5) is 0 Å². The SMILES string of the molecule is CN=C/C(=C\C=C\OC)CC(=O)NN. The molecule has 0 aliphatic carbocycles. The number of hydrogen-bond donors (Lipinski definition) is 2. The molecule has 0 aromatic rings. The maximum absolute atomic E-state index is 10.9. The Kier molecular flexibility index (Phi) is 7.07. The first kappa shape index (κ1) is 12.4. The number of methoxy groups -OCH3 is 1. The van der Waals surface area contributed by atoms with Crippen molar-refractivity contribution < 1.29 is 9.53 Å². The van der Waals surface area contributed by atoms with Gasteiger partial charge in [-0.25, -0.2) is 5.84 Å². The van der Waals surface area contributed by atoms with Gasteiger partial charge < -0.3 is 4.74 Å². The lowest BCUT2D eigenvalue weighted by Gasteiger charge is -1.98. The first-order chi connectivity index (χ1) is 6.74. The van der Waals surface area contributed by atoms with Crippen molar-refractivity contribution in [2.45, 2.75) is 6.42 Å². The Labute approximate surface area is 83.3 Å². The second kappa shape index (κ2) is 8.00. The van der Waals surface area contributed by atoms with Crippen molar-refractivity contribution in [1.82, 2.24) is 5.43 Å². The topological polar surface area (TPSA) is 76.7 Å². The summed E-state index contributed by atoms with van der Waals surface area (Å²) >= 11 is 0. The van der Waals surface area contributed by atoms with Crippen molar-refractivity contribution >= 4 is 12.1 Å². The third-order valence-corrected chi connectivity index (χ3v) is 1.35. The average molecular weight is 197 g/mol. The molecule has 0 heterocycles. The zero-order chi connectivity index (χ0) is 10.8. The van der Waals surface area contributed by atoms with Crippen LogP contribution in [0.2, 0.25) is 0 Å². The van der Waals surface area contributed by atoms with Crippen molar-refractivity contribution in [2.75, 3.05) is 14.2 Å². The highest BCUT2D eigenvalue weighted by Gasteiger charge is 2.00. The lowest BCUT2D eigenvalue weighted by atomic mass is 10.2. The first-order valence-corrected chi connectivity index (χ1v) is 4.04. The van der Waals surface area contributed by atoms with E-state index < -0.39 is 0 Å². The minimum Gasteiger partial charge on any atom is -0.504 e. The molecule has 1 amide bonds. The van der Waals surface area contributed by atoms with E-state index in [4.69, 9.17) is 10.6 Å². The van der Waals surface area contributed by atoms with Gasteiger partial charge in [-0.2, -0.15) is 0 Å². The van der Waals surface area contributed by atoms with Gasteiger partial charge in [0.2, 0.25) is 5.91 Å². The molecule has 0 fully saturated rings. The van der Waals surface area contributed by atoms with E-state index in [0.29, 0.717) is 0 Å². The summed E-state index contributed by atoms with van der Waals surface area (Å²) in [6, 6.07) is 0. The highest BCUT2D eigenvalue weighted by Crippen LogP contribution is 1.98. The molecule has 5 nitrogen and oxygen atoms in total. The number of carbonyl (C=O) groups is 1. The lowest BCUT2D eigenvalue weighted by Crippen LogP contribution is -2.30. The summed E-state index contributed by atoms with van der Waals surface area (Å²) < 4.78 is 4.71. The molecule has 0 aliphatic rings. The highest BCUT2D eigenvalue weighted by atomic mass is 16.5. The standard InChI is InChI=1S/C9H15N3O2/c1-11-7-8(4-3-5-14-2)6-9(13)12-10/h3-5,7H,6,10H2,1-2H3,(H,12,13)/b5-3+,8-4-,11-7?. The van der Waals surface area contributed by atoms with E-state index in [-0.39, 0.29) is 12.3 Å². The third kappa shape index (κ3) is 5.96. The summed E-state index contributed by atoms with van der Waals surface area (Å²) in [6.07, 6.45) is 6.70. The van der Waals surface area contributed by atoms with Crippen molar-refractivity contribution in [2.24, 2.45) is 10.8 Å². The molecular formula is C9H15N3O2. The first-order valence-electron chi connectivity index (χ1n) is 4.04. The molecule has 78 valence electrons. The number of hydrazine groups is 1. The number of amides is 1. The summed E-state index contributed by atoms with van der Waals surface area (Å²) in [6.45, 7) is 0. The summed E-state index contributed by atoms with van der Waals surface area (Å²) in [5, 5.41) is 0. The number of ether oxygens (including phenoxy) is 1. The monoisotopic (exact) mass is 197 g/mol. The summed E-state index contributed by atoms with van der Waals surface area (Å²) in [5.74, 6) is 4.70. The lowest BCUT2D eigenvalue weighted by molar-refractivity contribution is -0.120. The number of nitrogens with one attached hydrogen (secondary N) is 1. The van der Waals surface area contributed by atoms with Gasteiger partial charge in [-0.05, 0) is 11.6 Å². The van der Waals surface area contributed by atoms with Gasteiger partial charge in [0.25, 0.3) is 0 Å². The molecule has 0 aromatic heterocycles. The Morgan fingerprint density at radius 3 is 2.86 bits per heavy atom. The fourth-order valence-electron chi connectivity index (χ4n) is 0.791. The fourth-order valence-corrected chi connectivity index (χ4v) is 0.791. The van der Waals surface area contributed by atoms with Gasteiger partial charge >= 0.3 is 0 Å². The molecule has 0 radical (unpaired) electrons. The second-order valence-corrected chi connectivity index (χ2v) is 2.44. The average Bonchev–Trinajstić information content (AvgIpc) is 2.18. The molecule has 3 N–H and O–H groups in total. The molecular weight excluding hydrogens is 182 g/mol. The third-order valence-electron chi connectivity index (χ3n) is 1.35. The quantitative estimate of drug-likeness (QED) is 0.164. The van der Waals surface area contributed by atoms with Gasteiger partial charge in [0.1, 0.15) is 0 Å². The molecule has 0 aliphatic heterocycles. The van der Waals surface area contributed by atoms with Crippen molar-refractivity contribution in [3.8, 4) is 0 Å². The van der Waals surface area contributed by atoms with Crippen LogP contribution in [0.25, 0.3) is 0 Å². The van der Waals surface area contributed by atoms with Crippen LogP contribution in [0.1, 0.15) is 6.42 Å². The number of rotatable bonds is 5. The molecule has 0 saturated heterocycles. The molecule has 0 saturated carbocycles. The van der Waals surface area contributed by atoms with Crippen LogP contribution in [-0.4, -0.2) is 26.3 Å². The van der Waals surface area contributed by atoms with E-state index in [1.54, 1.807) is 32.5 Å². The van der Waals surface area contributed by atoms with Crippen LogP contribution < -0.4 is 11.3 Å². The zero-order valence-corrected chi connectivity index (χ0v) is 8.36. The second-order valence-electron chi connectivity index (χ2n) is 2.44. The van der Waals surface area contributed by atoms with E-state index in [2.05, 4.69) is 4.99 Å². The van der Waals surface area contributed by atoms with Gasteiger partial charge in [0.15, 0.2) is 0 Å². The number of nitrogens with two attached hydrogens (primary N) is 1. The number of allylic oxidation sites excluding steroid dienone is 2. The van der Waals surface area contributed by atoms with Gasteiger partial charge in [0.05, 0.1) is 19.8 Å². The molecule has 5 heteroatoms. The summed E-state index contributed by atoms with van der Waals surface area (Å²) in [7, 11) is 3.18. The van der Waals surface area contributed by atoms with Crippen LogP contribution in [-0.2, 0) is 9.53 Å². The molecule has 0 rings (SSSR count). The predicted octanol–water partition coefficient (Wildman–Crippen LogP) is 0.153. The van der Waals surface area contributed by atoms with Crippen molar-refractivity contribution in [3.63, 3.8) is 0 Å². The largest absolute Gasteiger partial charge is 0.504 e. The molecule has 0 atom stereocenters. The number of aliphatic imine (C=N–C) groups is 1. The molecule has 0 spiro atoms. The smallest absolute Gasteiger partial charge is 0.238 e. The molecule has 14 heavy (non-hydrogen) atoms.